The quantitative estimate of drug-likeness (QED) is 0.689. The highest BCUT2D eigenvalue weighted by molar-refractivity contribution is 9.11. The Balaban J connectivity index is 2.87. The van der Waals surface area contributed by atoms with Crippen molar-refractivity contribution in [2.75, 3.05) is 0 Å². The van der Waals surface area contributed by atoms with Gasteiger partial charge in [-0.3, -0.25) is 4.79 Å². The molecule has 0 amide bonds. The van der Waals surface area contributed by atoms with E-state index in [2.05, 4.69) is 45.7 Å². The van der Waals surface area contributed by atoms with E-state index in [1.165, 1.54) is 0 Å². The molecule has 0 atom stereocenters. The molecule has 16 heavy (non-hydrogen) atoms. The van der Waals surface area contributed by atoms with Crippen molar-refractivity contribution in [1.29, 1.82) is 0 Å². The minimum atomic E-state index is 0.210. The number of hydrogen-bond donors (Lipinski definition) is 0. The maximum absolute atomic E-state index is 12.0. The third kappa shape index (κ3) is 3.70. The van der Waals surface area contributed by atoms with Crippen molar-refractivity contribution in [1.82, 2.24) is 0 Å². The highest BCUT2D eigenvalue weighted by Crippen LogP contribution is 2.27. The van der Waals surface area contributed by atoms with E-state index >= 15 is 0 Å². The molecule has 0 spiro atoms. The molecule has 0 fully saturated rings. The van der Waals surface area contributed by atoms with Crippen LogP contribution in [0.3, 0.4) is 0 Å². The Bertz CT molecular complexity index is 397. The minimum absolute atomic E-state index is 0.210. The number of benzene rings is 1. The summed E-state index contributed by atoms with van der Waals surface area (Å²) in [5.41, 5.74) is 1.91. The lowest BCUT2D eigenvalue weighted by Gasteiger charge is -2.08. The second kappa shape index (κ2) is 5.97. The fraction of sp³-hybridized carbons (Fsp3) is 0.462. The SMILES string of the molecule is Cc1cc(Br)c(C(=O)CCC(C)C)cc1Br. The topological polar surface area (TPSA) is 17.1 Å². The molecule has 0 unspecified atom stereocenters. The molecule has 1 aromatic rings. The molecule has 1 rings (SSSR count). The maximum Gasteiger partial charge on any atom is 0.164 e. The molecule has 88 valence electrons. The number of hydrogen-bond acceptors (Lipinski definition) is 1. The lowest BCUT2D eigenvalue weighted by atomic mass is 10.0. The van der Waals surface area contributed by atoms with Gasteiger partial charge >= 0.3 is 0 Å². The van der Waals surface area contributed by atoms with Gasteiger partial charge in [-0.25, -0.2) is 0 Å². The molecule has 0 radical (unpaired) electrons. The van der Waals surface area contributed by atoms with Gasteiger partial charge in [0.25, 0.3) is 0 Å². The van der Waals surface area contributed by atoms with Gasteiger partial charge in [-0.2, -0.15) is 0 Å². The van der Waals surface area contributed by atoms with Gasteiger partial charge in [-0.15, -0.1) is 0 Å². The highest BCUT2D eigenvalue weighted by Gasteiger charge is 2.12. The molecule has 0 heterocycles. The van der Waals surface area contributed by atoms with E-state index in [0.29, 0.717) is 12.3 Å². The third-order valence-corrected chi connectivity index (χ3v) is 4.01. The Morgan fingerprint density at radius 2 is 1.88 bits per heavy atom. The summed E-state index contributed by atoms with van der Waals surface area (Å²) in [5, 5.41) is 0. The Labute approximate surface area is 114 Å². The number of rotatable bonds is 4. The third-order valence-electron chi connectivity index (χ3n) is 2.50. The van der Waals surface area contributed by atoms with E-state index in [4.69, 9.17) is 0 Å². The number of carbonyl (C=O) groups excluding carboxylic acids is 1. The summed E-state index contributed by atoms with van der Waals surface area (Å²) in [6, 6.07) is 3.88. The average molecular weight is 348 g/mol. The van der Waals surface area contributed by atoms with Crippen molar-refractivity contribution >= 4 is 37.6 Å². The van der Waals surface area contributed by atoms with Crippen LogP contribution in [0.4, 0.5) is 0 Å². The van der Waals surface area contributed by atoms with Crippen LogP contribution < -0.4 is 0 Å². The van der Waals surface area contributed by atoms with Gasteiger partial charge < -0.3 is 0 Å². The predicted molar refractivity (Wildman–Crippen MR) is 75.0 cm³/mol. The first kappa shape index (κ1) is 13.9. The van der Waals surface area contributed by atoms with Gasteiger partial charge in [0, 0.05) is 20.9 Å². The van der Waals surface area contributed by atoms with Gasteiger partial charge in [-0.05, 0) is 37.0 Å². The van der Waals surface area contributed by atoms with Crippen molar-refractivity contribution in [3.8, 4) is 0 Å². The first-order valence-electron chi connectivity index (χ1n) is 5.40. The van der Waals surface area contributed by atoms with Crippen LogP contribution in [0.25, 0.3) is 0 Å². The lowest BCUT2D eigenvalue weighted by Crippen LogP contribution is -2.03. The second-order valence-corrected chi connectivity index (χ2v) is 6.15. The van der Waals surface area contributed by atoms with Crippen LogP contribution in [0.1, 0.15) is 42.6 Å². The predicted octanol–water partition coefficient (Wildman–Crippen LogP) is 5.14. The monoisotopic (exact) mass is 346 g/mol. The van der Waals surface area contributed by atoms with Crippen LogP contribution in [0, 0.1) is 12.8 Å². The zero-order valence-electron chi connectivity index (χ0n) is 9.81. The molecule has 1 aromatic carbocycles. The molecule has 0 N–H and O–H groups in total. The highest BCUT2D eigenvalue weighted by atomic mass is 79.9. The largest absolute Gasteiger partial charge is 0.294 e. The van der Waals surface area contributed by atoms with Gasteiger partial charge in [0.1, 0.15) is 0 Å². The van der Waals surface area contributed by atoms with Crippen molar-refractivity contribution in [2.45, 2.75) is 33.6 Å². The van der Waals surface area contributed by atoms with Gasteiger partial charge in [0.05, 0.1) is 0 Å². The van der Waals surface area contributed by atoms with Gasteiger partial charge in [-0.1, -0.05) is 45.7 Å². The summed E-state index contributed by atoms with van der Waals surface area (Å²) >= 11 is 6.90. The van der Waals surface area contributed by atoms with Crippen LogP contribution >= 0.6 is 31.9 Å². The molecular weight excluding hydrogens is 332 g/mol. The Hall–Kier alpha value is -0.150. The molecule has 0 bridgehead atoms. The Kier molecular flexibility index (Phi) is 5.19. The molecule has 0 aliphatic rings. The summed E-state index contributed by atoms with van der Waals surface area (Å²) in [5.74, 6) is 0.776. The van der Waals surface area contributed by atoms with Crippen molar-refractivity contribution < 1.29 is 4.79 Å². The molecule has 1 nitrogen and oxygen atoms in total. The van der Waals surface area contributed by atoms with E-state index in [1.807, 2.05) is 19.1 Å². The molecule has 0 saturated heterocycles. The molecule has 0 saturated carbocycles. The molecule has 0 aromatic heterocycles. The smallest absolute Gasteiger partial charge is 0.164 e. The van der Waals surface area contributed by atoms with Gasteiger partial charge in [0.15, 0.2) is 5.78 Å². The number of halogens is 2. The number of aryl methyl sites for hydroxylation is 1. The first-order valence-corrected chi connectivity index (χ1v) is 6.99. The van der Waals surface area contributed by atoms with E-state index in [-0.39, 0.29) is 5.78 Å². The normalized spacial score (nSPS) is 10.9. The fourth-order valence-corrected chi connectivity index (χ4v) is 2.44. The van der Waals surface area contributed by atoms with Crippen LogP contribution in [0.5, 0.6) is 0 Å². The number of Topliss-reactive ketones (excluding diaryl/α,β-unsaturated/α-hetero) is 1. The summed E-state index contributed by atoms with van der Waals surface area (Å²) in [7, 11) is 0. The maximum atomic E-state index is 12.0. The Morgan fingerprint density at radius 3 is 2.44 bits per heavy atom. The molecule has 3 heteroatoms. The summed E-state index contributed by atoms with van der Waals surface area (Å²) in [6.07, 6.45) is 1.56. The summed E-state index contributed by atoms with van der Waals surface area (Å²) in [4.78, 5) is 12.0. The molecule has 0 aliphatic heterocycles. The first-order chi connectivity index (χ1) is 7.41. The van der Waals surface area contributed by atoms with Crippen LogP contribution in [0.2, 0.25) is 0 Å². The van der Waals surface area contributed by atoms with E-state index in [9.17, 15) is 4.79 Å². The van der Waals surface area contributed by atoms with Crippen molar-refractivity contribution in [3.63, 3.8) is 0 Å². The van der Waals surface area contributed by atoms with Crippen molar-refractivity contribution in [2.24, 2.45) is 5.92 Å². The van der Waals surface area contributed by atoms with Crippen LogP contribution in [-0.2, 0) is 0 Å². The van der Waals surface area contributed by atoms with Gasteiger partial charge in [0.2, 0.25) is 0 Å². The fourth-order valence-electron chi connectivity index (χ4n) is 1.41. The lowest BCUT2D eigenvalue weighted by molar-refractivity contribution is 0.0974. The van der Waals surface area contributed by atoms with Crippen molar-refractivity contribution in [3.05, 3.63) is 32.2 Å². The van der Waals surface area contributed by atoms with Crippen LogP contribution in [-0.4, -0.2) is 5.78 Å². The number of carbonyl (C=O) groups is 1. The molecular formula is C13H16Br2O. The number of ketones is 1. The minimum Gasteiger partial charge on any atom is -0.294 e. The second-order valence-electron chi connectivity index (χ2n) is 4.44. The summed E-state index contributed by atoms with van der Waals surface area (Å²) < 4.78 is 1.88. The van der Waals surface area contributed by atoms with Crippen LogP contribution in [0.15, 0.2) is 21.1 Å². The average Bonchev–Trinajstić information content (AvgIpc) is 2.20. The standard InChI is InChI=1S/C13H16Br2O/c1-8(2)4-5-13(16)10-7-11(14)9(3)6-12(10)15/h6-8H,4-5H2,1-3H3. The van der Waals surface area contributed by atoms with E-state index in [0.717, 1.165) is 26.5 Å². The zero-order chi connectivity index (χ0) is 12.3. The zero-order valence-corrected chi connectivity index (χ0v) is 13.0. The molecule has 0 aliphatic carbocycles. The Morgan fingerprint density at radius 1 is 1.25 bits per heavy atom. The van der Waals surface area contributed by atoms with E-state index < -0.39 is 0 Å². The van der Waals surface area contributed by atoms with E-state index in [1.54, 1.807) is 0 Å². The summed E-state index contributed by atoms with van der Waals surface area (Å²) in [6.45, 7) is 6.28.